The summed E-state index contributed by atoms with van der Waals surface area (Å²) in [5, 5.41) is 3.35. The summed E-state index contributed by atoms with van der Waals surface area (Å²) < 4.78 is 0.983. The van der Waals surface area contributed by atoms with Gasteiger partial charge in [-0.2, -0.15) is 0 Å². The number of nitrogens with zero attached hydrogens (tertiary/aromatic N) is 3. The lowest BCUT2D eigenvalue weighted by Gasteiger charge is -2.07. The van der Waals surface area contributed by atoms with Crippen molar-refractivity contribution in [1.82, 2.24) is 15.0 Å². The van der Waals surface area contributed by atoms with E-state index in [1.807, 2.05) is 30.5 Å². The number of anilines is 1. The van der Waals surface area contributed by atoms with Crippen LogP contribution >= 0.6 is 15.9 Å². The van der Waals surface area contributed by atoms with Gasteiger partial charge in [-0.1, -0.05) is 0 Å². The maximum absolute atomic E-state index is 4.29. The fraction of sp³-hybridized carbons (Fsp3) is 0.0714. The van der Waals surface area contributed by atoms with Crippen LogP contribution in [0.5, 0.6) is 0 Å². The van der Waals surface area contributed by atoms with Gasteiger partial charge in [0.25, 0.3) is 0 Å². The van der Waals surface area contributed by atoms with Crippen LogP contribution in [0, 0.1) is 0 Å². The molecule has 0 spiro atoms. The fourth-order valence-electron chi connectivity index (χ4n) is 1.83. The molecule has 0 bridgehead atoms. The van der Waals surface area contributed by atoms with Crippen molar-refractivity contribution in [3.05, 3.63) is 59.1 Å². The van der Waals surface area contributed by atoms with Crippen molar-refractivity contribution in [2.24, 2.45) is 0 Å². The lowest BCUT2D eigenvalue weighted by Crippen LogP contribution is -2.00. The molecule has 0 aliphatic carbocycles. The van der Waals surface area contributed by atoms with Gasteiger partial charge in [0.15, 0.2) is 0 Å². The number of nitrogens with one attached hydrogen (secondary N) is 1. The predicted octanol–water partition coefficient (Wildman–Crippen LogP) is 3.40. The van der Waals surface area contributed by atoms with Crippen LogP contribution in [-0.2, 0) is 6.54 Å². The van der Waals surface area contributed by atoms with E-state index in [9.17, 15) is 0 Å². The smallest absolute Gasteiger partial charge is 0.0907 e. The van der Waals surface area contributed by atoms with Gasteiger partial charge in [0, 0.05) is 41.5 Å². The highest BCUT2D eigenvalue weighted by atomic mass is 79.9. The van der Waals surface area contributed by atoms with Crippen molar-refractivity contribution in [2.75, 3.05) is 5.32 Å². The number of hydrogen-bond acceptors (Lipinski definition) is 4. The van der Waals surface area contributed by atoms with Crippen LogP contribution in [0.15, 0.2) is 53.5 Å². The van der Waals surface area contributed by atoms with Gasteiger partial charge in [-0.05, 0) is 45.8 Å². The van der Waals surface area contributed by atoms with Crippen molar-refractivity contribution >= 4 is 32.7 Å². The van der Waals surface area contributed by atoms with E-state index in [0.29, 0.717) is 0 Å². The predicted molar refractivity (Wildman–Crippen MR) is 78.8 cm³/mol. The van der Waals surface area contributed by atoms with E-state index in [-0.39, 0.29) is 0 Å². The Hall–Kier alpha value is -2.01. The third-order valence-electron chi connectivity index (χ3n) is 2.73. The normalized spacial score (nSPS) is 10.6. The molecule has 0 amide bonds. The van der Waals surface area contributed by atoms with E-state index >= 15 is 0 Å². The zero-order chi connectivity index (χ0) is 13.1. The summed E-state index contributed by atoms with van der Waals surface area (Å²) in [5.41, 5.74) is 3.93. The van der Waals surface area contributed by atoms with Crippen molar-refractivity contribution < 1.29 is 0 Å². The molecule has 3 aromatic rings. The average Bonchev–Trinajstić information content (AvgIpc) is 2.45. The number of halogens is 1. The van der Waals surface area contributed by atoms with E-state index in [1.165, 1.54) is 0 Å². The molecule has 0 radical (unpaired) electrons. The largest absolute Gasteiger partial charge is 0.381 e. The molecule has 2 aromatic heterocycles. The third kappa shape index (κ3) is 2.88. The van der Waals surface area contributed by atoms with E-state index in [2.05, 4.69) is 36.2 Å². The number of fused-ring (bicyclic) bond motifs is 1. The lowest BCUT2D eigenvalue weighted by atomic mass is 10.2. The van der Waals surface area contributed by atoms with Crippen LogP contribution in [0.1, 0.15) is 5.56 Å². The fourth-order valence-corrected chi connectivity index (χ4v) is 2.24. The first-order chi connectivity index (χ1) is 9.31. The molecule has 0 saturated heterocycles. The van der Waals surface area contributed by atoms with E-state index < -0.39 is 0 Å². The monoisotopic (exact) mass is 314 g/mol. The molecule has 0 atom stereocenters. The SMILES string of the molecule is Brc1cncc(CNc2ccc3nccnc3c2)c1. The van der Waals surface area contributed by atoms with Crippen LogP contribution in [0.2, 0.25) is 0 Å². The molecule has 19 heavy (non-hydrogen) atoms. The molecule has 0 aliphatic heterocycles. The number of benzene rings is 1. The quantitative estimate of drug-likeness (QED) is 0.805. The van der Waals surface area contributed by atoms with E-state index in [1.54, 1.807) is 18.6 Å². The molecule has 1 N–H and O–H groups in total. The summed E-state index contributed by atoms with van der Waals surface area (Å²) in [6.07, 6.45) is 7.01. The summed E-state index contributed by atoms with van der Waals surface area (Å²) >= 11 is 3.41. The minimum absolute atomic E-state index is 0.720. The van der Waals surface area contributed by atoms with Crippen LogP contribution in [0.25, 0.3) is 11.0 Å². The number of pyridine rings is 1. The molecule has 0 unspecified atom stereocenters. The second-order valence-corrected chi connectivity index (χ2v) is 5.04. The van der Waals surface area contributed by atoms with Gasteiger partial charge in [-0.15, -0.1) is 0 Å². The Morgan fingerprint density at radius 1 is 1.00 bits per heavy atom. The van der Waals surface area contributed by atoms with Gasteiger partial charge >= 0.3 is 0 Å². The molecule has 0 fully saturated rings. The van der Waals surface area contributed by atoms with E-state index in [4.69, 9.17) is 0 Å². The second-order valence-electron chi connectivity index (χ2n) is 4.12. The number of hydrogen-bond donors (Lipinski definition) is 1. The first kappa shape index (κ1) is 12.0. The first-order valence-electron chi connectivity index (χ1n) is 5.85. The molecular formula is C14H11BrN4. The molecule has 0 aliphatic rings. The minimum atomic E-state index is 0.720. The van der Waals surface area contributed by atoms with Crippen molar-refractivity contribution in [3.63, 3.8) is 0 Å². The standard InChI is InChI=1S/C14H11BrN4/c15-11-5-10(7-16-9-11)8-19-12-1-2-13-14(6-12)18-4-3-17-13/h1-7,9,19H,8H2. The molecule has 94 valence electrons. The number of rotatable bonds is 3. The van der Waals surface area contributed by atoms with Gasteiger partial charge in [-0.3, -0.25) is 15.0 Å². The first-order valence-corrected chi connectivity index (χ1v) is 6.65. The van der Waals surface area contributed by atoms with Crippen molar-refractivity contribution in [1.29, 1.82) is 0 Å². The van der Waals surface area contributed by atoms with Crippen molar-refractivity contribution in [2.45, 2.75) is 6.54 Å². The van der Waals surface area contributed by atoms with Gasteiger partial charge in [0.05, 0.1) is 11.0 Å². The summed E-state index contributed by atoms with van der Waals surface area (Å²) in [7, 11) is 0. The maximum atomic E-state index is 4.29. The topological polar surface area (TPSA) is 50.7 Å². The van der Waals surface area contributed by atoms with Gasteiger partial charge in [0.1, 0.15) is 0 Å². The maximum Gasteiger partial charge on any atom is 0.0907 e. The summed E-state index contributed by atoms with van der Waals surface area (Å²) in [6, 6.07) is 8.00. The summed E-state index contributed by atoms with van der Waals surface area (Å²) in [4.78, 5) is 12.7. The summed E-state index contributed by atoms with van der Waals surface area (Å²) in [6.45, 7) is 0.720. The molecule has 1 aromatic carbocycles. The molecule has 4 nitrogen and oxygen atoms in total. The lowest BCUT2D eigenvalue weighted by molar-refractivity contribution is 1.11. The molecule has 2 heterocycles. The van der Waals surface area contributed by atoms with Crippen LogP contribution < -0.4 is 5.32 Å². The van der Waals surface area contributed by atoms with E-state index in [0.717, 1.165) is 33.3 Å². The van der Waals surface area contributed by atoms with Crippen LogP contribution in [0.3, 0.4) is 0 Å². The Kier molecular flexibility index (Phi) is 3.37. The number of aromatic nitrogens is 3. The minimum Gasteiger partial charge on any atom is -0.381 e. The summed E-state index contributed by atoms with van der Waals surface area (Å²) in [5.74, 6) is 0. The zero-order valence-corrected chi connectivity index (χ0v) is 11.6. The Bertz CT molecular complexity index is 714. The molecular weight excluding hydrogens is 304 g/mol. The highest BCUT2D eigenvalue weighted by molar-refractivity contribution is 9.10. The Labute approximate surface area is 119 Å². The van der Waals surface area contributed by atoms with Gasteiger partial charge in [-0.25, -0.2) is 0 Å². The Morgan fingerprint density at radius 3 is 2.68 bits per heavy atom. The highest BCUT2D eigenvalue weighted by Crippen LogP contribution is 2.16. The molecule has 0 saturated carbocycles. The molecule has 3 rings (SSSR count). The highest BCUT2D eigenvalue weighted by Gasteiger charge is 1.99. The average molecular weight is 315 g/mol. The third-order valence-corrected chi connectivity index (χ3v) is 3.16. The Balaban J connectivity index is 1.78. The Morgan fingerprint density at radius 2 is 1.84 bits per heavy atom. The molecule has 5 heteroatoms. The van der Waals surface area contributed by atoms with Crippen LogP contribution in [-0.4, -0.2) is 15.0 Å². The van der Waals surface area contributed by atoms with Gasteiger partial charge < -0.3 is 5.32 Å². The van der Waals surface area contributed by atoms with Crippen LogP contribution in [0.4, 0.5) is 5.69 Å². The van der Waals surface area contributed by atoms with Gasteiger partial charge in [0.2, 0.25) is 0 Å². The second kappa shape index (κ2) is 5.32. The zero-order valence-electron chi connectivity index (χ0n) is 10.0. The van der Waals surface area contributed by atoms with Crippen molar-refractivity contribution in [3.8, 4) is 0 Å².